The third kappa shape index (κ3) is 3.09. The van der Waals surface area contributed by atoms with E-state index in [-0.39, 0.29) is 0 Å². The van der Waals surface area contributed by atoms with E-state index in [0.717, 1.165) is 0 Å². The highest BCUT2D eigenvalue weighted by atomic mass is 15.2. The molecule has 1 aliphatic rings. The Balaban J connectivity index is 1.91. The SMILES string of the molecule is C=C/C=C/CCN1CC1. The highest BCUT2D eigenvalue weighted by molar-refractivity contribution is 4.97. The maximum Gasteiger partial charge on any atom is 0.0110 e. The van der Waals surface area contributed by atoms with Crippen molar-refractivity contribution in [2.24, 2.45) is 0 Å². The van der Waals surface area contributed by atoms with Crippen LogP contribution in [0.5, 0.6) is 0 Å². The standard InChI is InChI=1S/C8H13N/c1-2-3-4-5-6-9-7-8-9/h2-4H,1,5-8H2/b4-3+. The van der Waals surface area contributed by atoms with Gasteiger partial charge in [0.05, 0.1) is 0 Å². The Morgan fingerprint density at radius 3 is 2.78 bits per heavy atom. The summed E-state index contributed by atoms with van der Waals surface area (Å²) in [5, 5.41) is 0. The minimum atomic E-state index is 1.17. The van der Waals surface area contributed by atoms with Crippen molar-refractivity contribution in [3.05, 3.63) is 24.8 Å². The van der Waals surface area contributed by atoms with Crippen molar-refractivity contribution >= 4 is 0 Å². The highest BCUT2D eigenvalue weighted by Crippen LogP contribution is 2.03. The summed E-state index contributed by atoms with van der Waals surface area (Å²) in [6, 6.07) is 0. The van der Waals surface area contributed by atoms with Crippen LogP contribution in [0, 0.1) is 0 Å². The Morgan fingerprint density at radius 2 is 2.22 bits per heavy atom. The monoisotopic (exact) mass is 123 g/mol. The highest BCUT2D eigenvalue weighted by Gasteiger charge is 2.14. The zero-order valence-electron chi connectivity index (χ0n) is 5.71. The molecule has 0 aliphatic carbocycles. The van der Waals surface area contributed by atoms with Crippen LogP contribution in [0.15, 0.2) is 24.8 Å². The molecule has 1 fully saturated rings. The van der Waals surface area contributed by atoms with Crippen LogP contribution in [-0.4, -0.2) is 24.5 Å². The summed E-state index contributed by atoms with van der Waals surface area (Å²) in [6.45, 7) is 7.43. The van der Waals surface area contributed by atoms with Crippen LogP contribution in [0.3, 0.4) is 0 Å². The molecule has 1 heteroatoms. The third-order valence-electron chi connectivity index (χ3n) is 1.42. The third-order valence-corrected chi connectivity index (χ3v) is 1.42. The summed E-state index contributed by atoms with van der Waals surface area (Å²) in [5.74, 6) is 0. The van der Waals surface area contributed by atoms with Gasteiger partial charge < -0.3 is 4.90 Å². The van der Waals surface area contributed by atoms with Gasteiger partial charge in [-0.15, -0.1) is 0 Å². The van der Waals surface area contributed by atoms with E-state index in [9.17, 15) is 0 Å². The predicted molar refractivity (Wildman–Crippen MR) is 40.4 cm³/mol. The van der Waals surface area contributed by atoms with Crippen LogP contribution in [0.4, 0.5) is 0 Å². The van der Waals surface area contributed by atoms with Crippen molar-refractivity contribution in [2.75, 3.05) is 19.6 Å². The summed E-state index contributed by atoms with van der Waals surface area (Å²) in [7, 11) is 0. The van der Waals surface area contributed by atoms with Gasteiger partial charge >= 0.3 is 0 Å². The number of allylic oxidation sites excluding steroid dienone is 2. The summed E-state index contributed by atoms with van der Waals surface area (Å²) < 4.78 is 0. The van der Waals surface area contributed by atoms with Crippen molar-refractivity contribution in [2.45, 2.75) is 6.42 Å². The maximum atomic E-state index is 3.59. The first-order valence-corrected chi connectivity index (χ1v) is 3.43. The molecule has 50 valence electrons. The van der Waals surface area contributed by atoms with Crippen LogP contribution >= 0.6 is 0 Å². The molecular formula is C8H13N. The lowest BCUT2D eigenvalue weighted by Gasteiger charge is -1.91. The lowest BCUT2D eigenvalue weighted by Crippen LogP contribution is -1.95. The van der Waals surface area contributed by atoms with Gasteiger partial charge in [-0.05, 0) is 6.42 Å². The first-order chi connectivity index (χ1) is 4.43. The van der Waals surface area contributed by atoms with Gasteiger partial charge in [0.2, 0.25) is 0 Å². The van der Waals surface area contributed by atoms with E-state index in [1.165, 1.54) is 26.1 Å². The molecule has 1 rings (SSSR count). The van der Waals surface area contributed by atoms with Crippen LogP contribution in [0.25, 0.3) is 0 Å². The van der Waals surface area contributed by atoms with Gasteiger partial charge in [-0.2, -0.15) is 0 Å². The van der Waals surface area contributed by atoms with Gasteiger partial charge in [-0.1, -0.05) is 24.8 Å². The molecule has 0 aromatic heterocycles. The molecule has 9 heavy (non-hydrogen) atoms. The van der Waals surface area contributed by atoms with Crippen molar-refractivity contribution in [3.8, 4) is 0 Å². The predicted octanol–water partition coefficient (Wildman–Crippen LogP) is 1.43. The molecule has 0 bridgehead atoms. The van der Waals surface area contributed by atoms with Crippen molar-refractivity contribution in [1.82, 2.24) is 4.90 Å². The molecule has 0 N–H and O–H groups in total. The van der Waals surface area contributed by atoms with Gasteiger partial charge in [0.25, 0.3) is 0 Å². The Kier molecular flexibility index (Phi) is 2.52. The minimum absolute atomic E-state index is 1.17. The largest absolute Gasteiger partial charge is 0.300 e. The summed E-state index contributed by atoms with van der Waals surface area (Å²) in [5.41, 5.74) is 0. The summed E-state index contributed by atoms with van der Waals surface area (Å²) in [6.07, 6.45) is 7.16. The molecule has 0 aromatic carbocycles. The Hall–Kier alpha value is -0.560. The molecule has 0 saturated carbocycles. The molecule has 0 unspecified atom stereocenters. The van der Waals surface area contributed by atoms with Gasteiger partial charge in [-0.3, -0.25) is 0 Å². The zero-order valence-corrected chi connectivity index (χ0v) is 5.71. The molecular weight excluding hydrogens is 110 g/mol. The molecule has 0 amide bonds. The quantitative estimate of drug-likeness (QED) is 0.404. The van der Waals surface area contributed by atoms with Crippen molar-refractivity contribution in [1.29, 1.82) is 0 Å². The molecule has 0 aromatic rings. The normalized spacial score (nSPS) is 18.7. The topological polar surface area (TPSA) is 3.01 Å². The van der Waals surface area contributed by atoms with E-state index in [4.69, 9.17) is 0 Å². The molecule has 0 spiro atoms. The van der Waals surface area contributed by atoms with Gasteiger partial charge in [0, 0.05) is 19.6 Å². The average Bonchev–Trinajstić information content (AvgIpc) is 2.63. The van der Waals surface area contributed by atoms with Gasteiger partial charge in [-0.25, -0.2) is 0 Å². The molecule has 1 nitrogen and oxygen atoms in total. The van der Waals surface area contributed by atoms with Crippen molar-refractivity contribution in [3.63, 3.8) is 0 Å². The smallest absolute Gasteiger partial charge is 0.0110 e. The van der Waals surface area contributed by atoms with Crippen molar-refractivity contribution < 1.29 is 0 Å². The fraction of sp³-hybridized carbons (Fsp3) is 0.500. The fourth-order valence-electron chi connectivity index (χ4n) is 0.744. The number of hydrogen-bond donors (Lipinski definition) is 0. The van der Waals surface area contributed by atoms with E-state index in [0.29, 0.717) is 0 Å². The second-order valence-corrected chi connectivity index (χ2v) is 2.29. The fourth-order valence-corrected chi connectivity index (χ4v) is 0.744. The first-order valence-electron chi connectivity index (χ1n) is 3.43. The van der Waals surface area contributed by atoms with Crippen LogP contribution in [-0.2, 0) is 0 Å². The Morgan fingerprint density at radius 1 is 1.44 bits per heavy atom. The van der Waals surface area contributed by atoms with E-state index >= 15 is 0 Å². The number of nitrogens with zero attached hydrogens (tertiary/aromatic N) is 1. The van der Waals surface area contributed by atoms with Crippen LogP contribution in [0.1, 0.15) is 6.42 Å². The zero-order chi connectivity index (χ0) is 6.53. The lowest BCUT2D eigenvalue weighted by atomic mass is 10.4. The number of rotatable bonds is 4. The second-order valence-electron chi connectivity index (χ2n) is 2.29. The molecule has 0 atom stereocenters. The number of hydrogen-bond acceptors (Lipinski definition) is 1. The van der Waals surface area contributed by atoms with Gasteiger partial charge in [0.15, 0.2) is 0 Å². The van der Waals surface area contributed by atoms with E-state index < -0.39 is 0 Å². The lowest BCUT2D eigenvalue weighted by molar-refractivity contribution is 0.567. The maximum absolute atomic E-state index is 3.59. The minimum Gasteiger partial charge on any atom is -0.300 e. The summed E-state index contributed by atoms with van der Waals surface area (Å²) in [4.78, 5) is 2.41. The Bertz CT molecular complexity index is 112. The Labute approximate surface area is 56.7 Å². The van der Waals surface area contributed by atoms with Crippen LogP contribution < -0.4 is 0 Å². The molecule has 1 aliphatic heterocycles. The average molecular weight is 123 g/mol. The van der Waals surface area contributed by atoms with E-state index in [1.54, 1.807) is 0 Å². The van der Waals surface area contributed by atoms with E-state index in [2.05, 4.69) is 17.6 Å². The molecule has 1 saturated heterocycles. The molecule has 0 radical (unpaired) electrons. The summed E-state index contributed by atoms with van der Waals surface area (Å²) >= 11 is 0. The second kappa shape index (κ2) is 3.46. The first kappa shape index (κ1) is 6.56. The molecule has 1 heterocycles. The van der Waals surface area contributed by atoms with Gasteiger partial charge in [0.1, 0.15) is 0 Å². The van der Waals surface area contributed by atoms with Crippen LogP contribution in [0.2, 0.25) is 0 Å². The van der Waals surface area contributed by atoms with E-state index in [1.807, 2.05) is 12.2 Å².